The smallest absolute Gasteiger partial charge is 0.316 e. The third-order valence-corrected chi connectivity index (χ3v) is 7.90. The Hall–Kier alpha value is -4.19. The molecule has 0 bridgehead atoms. The number of ether oxygens (including phenoxy) is 1. The molecule has 0 spiro atoms. The second-order valence-electron chi connectivity index (χ2n) is 10.3. The van der Waals surface area contributed by atoms with Crippen LogP contribution in [-0.2, 0) is 26.2 Å². The summed E-state index contributed by atoms with van der Waals surface area (Å²) in [5, 5.41) is 4.17. The van der Waals surface area contributed by atoms with E-state index in [0.29, 0.717) is 12.4 Å². The van der Waals surface area contributed by atoms with Gasteiger partial charge in [0.05, 0.1) is 30.2 Å². The van der Waals surface area contributed by atoms with Gasteiger partial charge in [0, 0.05) is 18.2 Å². The first kappa shape index (κ1) is 26.4. The van der Waals surface area contributed by atoms with E-state index >= 15 is 0 Å². The van der Waals surface area contributed by atoms with Gasteiger partial charge in [0.1, 0.15) is 0 Å². The summed E-state index contributed by atoms with van der Waals surface area (Å²) in [6.07, 6.45) is 1.88. The van der Waals surface area contributed by atoms with Gasteiger partial charge in [-0.3, -0.25) is 9.59 Å². The molecule has 0 saturated heterocycles. The molecule has 1 amide bonds. The number of rotatable bonds is 9. The quantitative estimate of drug-likeness (QED) is 0.230. The van der Waals surface area contributed by atoms with Gasteiger partial charge >= 0.3 is 5.97 Å². The van der Waals surface area contributed by atoms with Crippen molar-refractivity contribution in [3.8, 4) is 22.5 Å². The van der Waals surface area contributed by atoms with Crippen LogP contribution in [0, 0.1) is 6.92 Å². The standard InChI is InChI=1S/C33H34N2O4/c1-5-38-32(37)33(19-20-33)28-17-15-26(16-18-28)25-11-13-27(14-12-25)31-29(22(2)34-39-31)21-30(36)35(4)23(3)24-9-7-6-8-10-24/h6-18,23H,5,19-21H2,1-4H3/t23-/m1/s1. The predicted octanol–water partition coefficient (Wildman–Crippen LogP) is 6.67. The Bertz CT molecular complexity index is 1450. The van der Waals surface area contributed by atoms with Crippen LogP contribution in [0.4, 0.5) is 0 Å². The second-order valence-corrected chi connectivity index (χ2v) is 10.3. The number of carbonyl (C=O) groups excluding carboxylic acids is 2. The SMILES string of the molecule is CCOC(=O)C1(c2ccc(-c3ccc(-c4onc(C)c4CC(=O)N(C)[C@H](C)c4ccccc4)cc3)cc2)CC1. The van der Waals surface area contributed by atoms with Crippen molar-refractivity contribution >= 4 is 11.9 Å². The van der Waals surface area contributed by atoms with Gasteiger partial charge in [-0.25, -0.2) is 0 Å². The fourth-order valence-corrected chi connectivity index (χ4v) is 5.07. The van der Waals surface area contributed by atoms with Crippen LogP contribution in [0.25, 0.3) is 22.5 Å². The molecule has 1 aromatic heterocycles. The molecule has 0 N–H and O–H groups in total. The zero-order chi connectivity index (χ0) is 27.6. The van der Waals surface area contributed by atoms with Gasteiger partial charge in [-0.1, -0.05) is 84.0 Å². The maximum Gasteiger partial charge on any atom is 0.316 e. The normalized spacial score (nSPS) is 14.5. The lowest BCUT2D eigenvalue weighted by molar-refractivity contribution is -0.146. The van der Waals surface area contributed by atoms with E-state index in [0.717, 1.165) is 51.9 Å². The molecule has 0 aliphatic heterocycles. The fourth-order valence-electron chi connectivity index (χ4n) is 5.07. The Morgan fingerprint density at radius 2 is 1.54 bits per heavy atom. The van der Waals surface area contributed by atoms with Crippen LogP contribution in [0.1, 0.15) is 55.1 Å². The number of benzene rings is 3. The van der Waals surface area contributed by atoms with Crippen molar-refractivity contribution in [1.82, 2.24) is 10.1 Å². The zero-order valence-electron chi connectivity index (χ0n) is 22.9. The van der Waals surface area contributed by atoms with Crippen LogP contribution in [0.15, 0.2) is 83.4 Å². The average molecular weight is 523 g/mol. The number of aromatic nitrogens is 1. The second kappa shape index (κ2) is 10.9. The molecular formula is C33H34N2O4. The van der Waals surface area contributed by atoms with Crippen molar-refractivity contribution < 1.29 is 18.8 Å². The zero-order valence-corrected chi connectivity index (χ0v) is 22.9. The molecule has 3 aromatic carbocycles. The van der Waals surface area contributed by atoms with Crippen LogP contribution in [0.3, 0.4) is 0 Å². The third-order valence-electron chi connectivity index (χ3n) is 7.90. The molecular weight excluding hydrogens is 488 g/mol. The Morgan fingerprint density at radius 1 is 0.949 bits per heavy atom. The van der Waals surface area contributed by atoms with Crippen LogP contribution in [0.5, 0.6) is 0 Å². The van der Waals surface area contributed by atoms with Crippen molar-refractivity contribution in [2.75, 3.05) is 13.7 Å². The van der Waals surface area contributed by atoms with E-state index in [4.69, 9.17) is 9.26 Å². The maximum atomic E-state index is 13.2. The topological polar surface area (TPSA) is 72.6 Å². The van der Waals surface area contributed by atoms with Crippen molar-refractivity contribution in [2.24, 2.45) is 0 Å². The Labute approximate surface area is 229 Å². The molecule has 1 aliphatic carbocycles. The van der Waals surface area contributed by atoms with Crippen molar-refractivity contribution in [1.29, 1.82) is 0 Å². The molecule has 6 heteroatoms. The molecule has 5 rings (SSSR count). The Balaban J connectivity index is 1.31. The number of hydrogen-bond donors (Lipinski definition) is 0. The maximum absolute atomic E-state index is 13.2. The minimum absolute atomic E-state index is 0.00636. The van der Waals surface area contributed by atoms with Crippen LogP contribution in [0.2, 0.25) is 0 Å². The molecule has 1 fully saturated rings. The van der Waals surface area contributed by atoms with Crippen molar-refractivity contribution in [2.45, 2.75) is 51.5 Å². The highest BCUT2D eigenvalue weighted by atomic mass is 16.5. The number of aryl methyl sites for hydroxylation is 1. The van der Waals surface area contributed by atoms with Gasteiger partial charge < -0.3 is 14.2 Å². The fraction of sp³-hybridized carbons (Fsp3) is 0.303. The summed E-state index contributed by atoms with van der Waals surface area (Å²) in [5.41, 5.74) is 6.14. The molecule has 6 nitrogen and oxygen atoms in total. The summed E-state index contributed by atoms with van der Waals surface area (Å²) in [5.74, 6) is 0.500. The van der Waals surface area contributed by atoms with E-state index in [1.807, 2.05) is 94.5 Å². The van der Waals surface area contributed by atoms with Gasteiger partial charge in [0.15, 0.2) is 5.76 Å². The van der Waals surface area contributed by atoms with Crippen LogP contribution >= 0.6 is 0 Å². The van der Waals surface area contributed by atoms with Crippen LogP contribution in [-0.4, -0.2) is 35.6 Å². The highest BCUT2D eigenvalue weighted by Gasteiger charge is 2.52. The van der Waals surface area contributed by atoms with E-state index in [1.165, 1.54) is 0 Å². The molecule has 1 aliphatic rings. The van der Waals surface area contributed by atoms with Gasteiger partial charge in [-0.15, -0.1) is 0 Å². The average Bonchev–Trinajstić information content (AvgIpc) is 3.71. The first-order chi connectivity index (χ1) is 18.8. The number of hydrogen-bond acceptors (Lipinski definition) is 5. The molecule has 1 atom stereocenters. The predicted molar refractivity (Wildman–Crippen MR) is 151 cm³/mol. The number of nitrogens with zero attached hydrogens (tertiary/aromatic N) is 2. The summed E-state index contributed by atoms with van der Waals surface area (Å²) in [6.45, 7) is 6.14. The molecule has 1 heterocycles. The van der Waals surface area contributed by atoms with E-state index in [2.05, 4.69) is 17.3 Å². The summed E-state index contributed by atoms with van der Waals surface area (Å²) in [6, 6.07) is 26.2. The van der Waals surface area contributed by atoms with E-state index < -0.39 is 5.41 Å². The van der Waals surface area contributed by atoms with Gasteiger partial charge in [-0.2, -0.15) is 0 Å². The third kappa shape index (κ3) is 5.24. The number of esters is 1. The monoisotopic (exact) mass is 522 g/mol. The number of carbonyl (C=O) groups is 2. The van der Waals surface area contributed by atoms with Crippen LogP contribution < -0.4 is 0 Å². The summed E-state index contributed by atoms with van der Waals surface area (Å²) < 4.78 is 11.0. The summed E-state index contributed by atoms with van der Waals surface area (Å²) >= 11 is 0. The molecule has 39 heavy (non-hydrogen) atoms. The lowest BCUT2D eigenvalue weighted by Gasteiger charge is -2.25. The largest absolute Gasteiger partial charge is 0.465 e. The molecule has 0 radical (unpaired) electrons. The molecule has 200 valence electrons. The highest BCUT2D eigenvalue weighted by Crippen LogP contribution is 2.49. The number of likely N-dealkylation sites (N-methyl/N-ethyl adjacent to an activating group) is 1. The Kier molecular flexibility index (Phi) is 7.38. The molecule has 4 aromatic rings. The first-order valence-electron chi connectivity index (χ1n) is 13.5. The molecule has 0 unspecified atom stereocenters. The van der Waals surface area contributed by atoms with Gasteiger partial charge in [0.2, 0.25) is 5.91 Å². The number of amides is 1. The lowest BCUT2D eigenvalue weighted by Crippen LogP contribution is -2.31. The van der Waals surface area contributed by atoms with E-state index in [9.17, 15) is 9.59 Å². The molecule has 1 saturated carbocycles. The van der Waals surface area contributed by atoms with Crippen molar-refractivity contribution in [3.05, 3.63) is 101 Å². The van der Waals surface area contributed by atoms with E-state index in [-0.39, 0.29) is 24.3 Å². The summed E-state index contributed by atoms with van der Waals surface area (Å²) in [4.78, 5) is 27.4. The van der Waals surface area contributed by atoms with Gasteiger partial charge in [-0.05, 0) is 55.9 Å². The lowest BCUT2D eigenvalue weighted by atomic mass is 9.93. The van der Waals surface area contributed by atoms with E-state index in [1.54, 1.807) is 4.90 Å². The van der Waals surface area contributed by atoms with Gasteiger partial charge in [0.25, 0.3) is 0 Å². The minimum atomic E-state index is -0.469. The Morgan fingerprint density at radius 3 is 2.13 bits per heavy atom. The first-order valence-corrected chi connectivity index (χ1v) is 13.5. The minimum Gasteiger partial charge on any atom is -0.465 e. The van der Waals surface area contributed by atoms with Crippen molar-refractivity contribution in [3.63, 3.8) is 0 Å². The highest BCUT2D eigenvalue weighted by molar-refractivity contribution is 5.87. The summed E-state index contributed by atoms with van der Waals surface area (Å²) in [7, 11) is 1.83.